The van der Waals surface area contributed by atoms with Crippen LogP contribution in [0.3, 0.4) is 0 Å². The molecular formula is C26H30N6O2S. The number of methoxy groups -OCH3 is 1. The Kier molecular flexibility index (Phi) is 6.29. The largest absolute Gasteiger partial charge is 0.491 e. The van der Waals surface area contributed by atoms with Gasteiger partial charge in [-0.3, -0.25) is 0 Å². The summed E-state index contributed by atoms with van der Waals surface area (Å²) in [5.74, 6) is 2.89. The number of hydrogen-bond donors (Lipinski definition) is 1. The average Bonchev–Trinajstić information content (AvgIpc) is 3.03. The van der Waals surface area contributed by atoms with Crippen LogP contribution in [0.4, 0.5) is 10.9 Å². The van der Waals surface area contributed by atoms with Gasteiger partial charge in [0.15, 0.2) is 11.0 Å². The van der Waals surface area contributed by atoms with Gasteiger partial charge in [-0.15, -0.1) is 0 Å². The molecule has 9 heteroatoms. The molecule has 0 unspecified atom stereocenters. The number of aromatic nitrogens is 4. The summed E-state index contributed by atoms with van der Waals surface area (Å²) >= 11 is 1.40. The molecule has 8 nitrogen and oxygen atoms in total. The minimum atomic E-state index is 0.293. The summed E-state index contributed by atoms with van der Waals surface area (Å²) in [5.41, 5.74) is 13.2. The van der Waals surface area contributed by atoms with E-state index in [1.807, 2.05) is 12.3 Å². The maximum Gasteiger partial charge on any atom is 0.182 e. The highest BCUT2D eigenvalue weighted by atomic mass is 32.1. The Bertz CT molecular complexity index is 1400. The highest BCUT2D eigenvalue weighted by Gasteiger charge is 2.24. The van der Waals surface area contributed by atoms with Crippen LogP contribution in [-0.4, -0.2) is 40.2 Å². The average molecular weight is 491 g/mol. The molecular weight excluding hydrogens is 460 g/mol. The molecule has 0 saturated carbocycles. The van der Waals surface area contributed by atoms with E-state index in [1.54, 1.807) is 7.11 Å². The van der Waals surface area contributed by atoms with Gasteiger partial charge in [-0.1, -0.05) is 25.2 Å². The Morgan fingerprint density at radius 1 is 1.14 bits per heavy atom. The molecule has 0 amide bonds. The SMILES string of the molecule is COCc1nc(C)c(C(C)C)c(N2CCOc3c(C)cc(-c4cnc5sc(N)nc5c4)cc3C2)n1. The van der Waals surface area contributed by atoms with E-state index in [0.29, 0.717) is 36.6 Å². The molecule has 4 aromatic rings. The lowest BCUT2D eigenvalue weighted by molar-refractivity contribution is 0.177. The molecule has 35 heavy (non-hydrogen) atoms. The Balaban J connectivity index is 1.57. The van der Waals surface area contributed by atoms with Crippen molar-refractivity contribution in [2.45, 2.75) is 46.8 Å². The first kappa shape index (κ1) is 23.4. The van der Waals surface area contributed by atoms with Crippen LogP contribution in [0.25, 0.3) is 21.5 Å². The number of nitrogen functional groups attached to an aromatic ring is 1. The van der Waals surface area contributed by atoms with E-state index in [0.717, 1.165) is 62.0 Å². The number of anilines is 2. The first-order chi connectivity index (χ1) is 16.8. The zero-order valence-electron chi connectivity index (χ0n) is 20.8. The van der Waals surface area contributed by atoms with Gasteiger partial charge in [0, 0.05) is 42.2 Å². The second-order valence-electron chi connectivity index (χ2n) is 9.20. The lowest BCUT2D eigenvalue weighted by Gasteiger charge is -2.26. The third-order valence-corrected chi connectivity index (χ3v) is 7.04. The van der Waals surface area contributed by atoms with Gasteiger partial charge in [0.25, 0.3) is 0 Å². The predicted molar refractivity (Wildman–Crippen MR) is 140 cm³/mol. The fourth-order valence-corrected chi connectivity index (χ4v) is 5.45. The van der Waals surface area contributed by atoms with Crippen molar-refractivity contribution in [2.24, 2.45) is 0 Å². The fraction of sp³-hybridized carbons (Fsp3) is 0.385. The number of nitrogens with two attached hydrogens (primary N) is 1. The first-order valence-corrected chi connectivity index (χ1v) is 12.6. The third-order valence-electron chi connectivity index (χ3n) is 6.23. The van der Waals surface area contributed by atoms with Crippen LogP contribution in [0.2, 0.25) is 0 Å². The number of benzene rings is 1. The molecule has 0 fully saturated rings. The Morgan fingerprint density at radius 2 is 1.97 bits per heavy atom. The van der Waals surface area contributed by atoms with Gasteiger partial charge in [0.05, 0.1) is 6.54 Å². The van der Waals surface area contributed by atoms with Crippen molar-refractivity contribution in [3.63, 3.8) is 0 Å². The Labute approximate surface area is 209 Å². The van der Waals surface area contributed by atoms with Gasteiger partial charge < -0.3 is 20.1 Å². The maximum absolute atomic E-state index is 6.25. The van der Waals surface area contributed by atoms with Crippen molar-refractivity contribution in [3.8, 4) is 16.9 Å². The lowest BCUT2D eigenvalue weighted by Crippen LogP contribution is -2.28. The molecule has 1 aliphatic rings. The number of fused-ring (bicyclic) bond motifs is 2. The maximum atomic E-state index is 6.25. The number of pyridine rings is 1. The van der Waals surface area contributed by atoms with E-state index < -0.39 is 0 Å². The van der Waals surface area contributed by atoms with E-state index in [1.165, 1.54) is 11.3 Å². The zero-order chi connectivity index (χ0) is 24.7. The summed E-state index contributed by atoms with van der Waals surface area (Å²) < 4.78 is 11.6. The van der Waals surface area contributed by atoms with Crippen LogP contribution in [0.15, 0.2) is 24.4 Å². The van der Waals surface area contributed by atoms with Crippen molar-refractivity contribution in [3.05, 3.63) is 52.6 Å². The topological polar surface area (TPSA) is 99.3 Å². The number of hydrogen-bond acceptors (Lipinski definition) is 9. The van der Waals surface area contributed by atoms with E-state index in [4.69, 9.17) is 20.2 Å². The first-order valence-electron chi connectivity index (χ1n) is 11.7. The molecule has 3 aromatic heterocycles. The number of nitrogens with zero attached hydrogens (tertiary/aromatic N) is 5. The molecule has 0 aliphatic carbocycles. The highest BCUT2D eigenvalue weighted by Crippen LogP contribution is 2.36. The minimum Gasteiger partial charge on any atom is -0.491 e. The van der Waals surface area contributed by atoms with Gasteiger partial charge >= 0.3 is 0 Å². The molecule has 0 spiro atoms. The normalized spacial score (nSPS) is 13.7. The summed E-state index contributed by atoms with van der Waals surface area (Å²) in [7, 11) is 1.67. The molecule has 2 N–H and O–H groups in total. The van der Waals surface area contributed by atoms with Gasteiger partial charge in [0.1, 0.15) is 35.1 Å². The molecule has 1 aromatic carbocycles. The molecule has 0 bridgehead atoms. The fourth-order valence-electron chi connectivity index (χ4n) is 4.79. The van der Waals surface area contributed by atoms with Crippen molar-refractivity contribution >= 4 is 32.6 Å². The molecule has 0 radical (unpaired) electrons. The van der Waals surface area contributed by atoms with Crippen LogP contribution in [0.5, 0.6) is 5.75 Å². The summed E-state index contributed by atoms with van der Waals surface area (Å²) in [4.78, 5) is 21.8. The second kappa shape index (κ2) is 9.39. The predicted octanol–water partition coefficient (Wildman–Crippen LogP) is 5.02. The van der Waals surface area contributed by atoms with E-state index in [2.05, 4.69) is 59.7 Å². The highest BCUT2D eigenvalue weighted by molar-refractivity contribution is 7.21. The van der Waals surface area contributed by atoms with E-state index in [9.17, 15) is 0 Å². The zero-order valence-corrected chi connectivity index (χ0v) is 21.6. The van der Waals surface area contributed by atoms with Gasteiger partial charge in [-0.05, 0) is 49.1 Å². The molecule has 5 rings (SSSR count). The molecule has 0 atom stereocenters. The van der Waals surface area contributed by atoms with Crippen LogP contribution >= 0.6 is 11.3 Å². The van der Waals surface area contributed by atoms with Crippen LogP contribution < -0.4 is 15.4 Å². The second-order valence-corrected chi connectivity index (χ2v) is 10.2. The lowest BCUT2D eigenvalue weighted by atomic mass is 9.99. The molecule has 0 saturated heterocycles. The standard InChI is InChI=1S/C26H30N6O2S/c1-14(2)22-16(4)29-21(13-33-5)31-24(22)32-6-7-34-23-15(3)8-17(9-19(23)12-32)18-10-20-25(28-11-18)35-26(27)30-20/h8-11,14H,6-7,12-13H2,1-5H3,(H2,27,30). The van der Waals surface area contributed by atoms with Crippen LogP contribution in [0.1, 0.15) is 48.0 Å². The van der Waals surface area contributed by atoms with Crippen LogP contribution in [-0.2, 0) is 17.9 Å². The molecule has 1 aliphatic heterocycles. The molecule has 4 heterocycles. The number of ether oxygens (including phenoxy) is 2. The van der Waals surface area contributed by atoms with Gasteiger partial charge in [0.2, 0.25) is 0 Å². The monoisotopic (exact) mass is 490 g/mol. The summed E-state index contributed by atoms with van der Waals surface area (Å²) in [6, 6.07) is 6.39. The van der Waals surface area contributed by atoms with Gasteiger partial charge in [-0.25, -0.2) is 19.9 Å². The van der Waals surface area contributed by atoms with E-state index >= 15 is 0 Å². The number of thiazole rings is 1. The Morgan fingerprint density at radius 3 is 2.74 bits per heavy atom. The van der Waals surface area contributed by atoms with Crippen molar-refractivity contribution in [1.29, 1.82) is 0 Å². The van der Waals surface area contributed by atoms with Crippen molar-refractivity contribution in [1.82, 2.24) is 19.9 Å². The molecule has 182 valence electrons. The summed E-state index contributed by atoms with van der Waals surface area (Å²) in [6.07, 6.45) is 1.89. The number of aryl methyl sites for hydroxylation is 2. The third kappa shape index (κ3) is 4.53. The van der Waals surface area contributed by atoms with Crippen molar-refractivity contribution < 1.29 is 9.47 Å². The van der Waals surface area contributed by atoms with Crippen LogP contribution in [0, 0.1) is 13.8 Å². The summed E-state index contributed by atoms with van der Waals surface area (Å²) in [6.45, 7) is 10.9. The summed E-state index contributed by atoms with van der Waals surface area (Å²) in [5, 5.41) is 0.528. The van der Waals surface area contributed by atoms with E-state index in [-0.39, 0.29) is 0 Å². The smallest absolute Gasteiger partial charge is 0.182 e. The minimum absolute atomic E-state index is 0.293. The Hall–Kier alpha value is -3.30. The number of rotatable bonds is 5. The quantitative estimate of drug-likeness (QED) is 0.416. The van der Waals surface area contributed by atoms with Gasteiger partial charge in [-0.2, -0.15) is 0 Å². The van der Waals surface area contributed by atoms with Crippen molar-refractivity contribution in [2.75, 3.05) is 30.9 Å².